The van der Waals surface area contributed by atoms with Gasteiger partial charge in [0.15, 0.2) is 5.78 Å². The fourth-order valence-corrected chi connectivity index (χ4v) is 2.49. The molecule has 7 heteroatoms. The van der Waals surface area contributed by atoms with Gasteiger partial charge in [0, 0.05) is 35.6 Å². The lowest BCUT2D eigenvalue weighted by Gasteiger charge is -2.16. The highest BCUT2D eigenvalue weighted by Crippen LogP contribution is 2.18. The fraction of sp³-hybridized carbons (Fsp3) is 0.211. The Kier molecular flexibility index (Phi) is 6.32. The van der Waals surface area contributed by atoms with Gasteiger partial charge in [-0.25, -0.2) is 0 Å². The van der Waals surface area contributed by atoms with Crippen LogP contribution in [0, 0.1) is 16.0 Å². The molecule has 7 nitrogen and oxygen atoms in total. The molecule has 0 saturated heterocycles. The molecule has 2 aromatic carbocycles. The van der Waals surface area contributed by atoms with Gasteiger partial charge in [0.1, 0.15) is 5.92 Å². The van der Waals surface area contributed by atoms with Crippen LogP contribution in [0.3, 0.4) is 0 Å². The van der Waals surface area contributed by atoms with Gasteiger partial charge in [0.05, 0.1) is 4.92 Å². The summed E-state index contributed by atoms with van der Waals surface area (Å²) < 4.78 is 0. The smallest absolute Gasteiger partial charge is 0.269 e. The van der Waals surface area contributed by atoms with Gasteiger partial charge < -0.3 is 5.32 Å². The number of aliphatic imine (C=N–C) groups is 1. The van der Waals surface area contributed by atoms with E-state index in [2.05, 4.69) is 10.3 Å². The van der Waals surface area contributed by atoms with Crippen LogP contribution in [0.25, 0.3) is 0 Å². The number of ketones is 1. The van der Waals surface area contributed by atoms with E-state index in [0.29, 0.717) is 17.9 Å². The zero-order valence-electron chi connectivity index (χ0n) is 14.5. The lowest BCUT2D eigenvalue weighted by molar-refractivity contribution is -0.384. The third-order valence-corrected chi connectivity index (χ3v) is 3.75. The molecule has 0 saturated carbocycles. The van der Waals surface area contributed by atoms with Crippen molar-refractivity contribution >= 4 is 28.8 Å². The van der Waals surface area contributed by atoms with E-state index in [4.69, 9.17) is 0 Å². The van der Waals surface area contributed by atoms with Gasteiger partial charge in [-0.05, 0) is 38.1 Å². The maximum atomic E-state index is 12.9. The molecule has 0 aromatic heterocycles. The normalized spacial score (nSPS) is 12.3. The number of nitrogens with one attached hydrogen (secondary N) is 1. The largest absolute Gasteiger partial charge is 0.325 e. The predicted octanol–water partition coefficient (Wildman–Crippen LogP) is 3.51. The van der Waals surface area contributed by atoms with E-state index < -0.39 is 22.5 Å². The molecule has 1 atom stereocenters. The number of hydrogen-bond acceptors (Lipinski definition) is 5. The van der Waals surface area contributed by atoms with E-state index in [0.717, 1.165) is 0 Å². The minimum atomic E-state index is -1.10. The van der Waals surface area contributed by atoms with Crippen LogP contribution in [-0.2, 0) is 4.79 Å². The highest BCUT2D eigenvalue weighted by molar-refractivity contribution is 6.27. The quantitative estimate of drug-likeness (QED) is 0.270. The van der Waals surface area contributed by atoms with Crippen LogP contribution in [0.1, 0.15) is 24.2 Å². The fourth-order valence-electron chi connectivity index (χ4n) is 2.49. The molecule has 0 spiro atoms. The van der Waals surface area contributed by atoms with Crippen molar-refractivity contribution in [3.05, 3.63) is 70.3 Å². The van der Waals surface area contributed by atoms with Crippen molar-refractivity contribution in [1.82, 2.24) is 0 Å². The van der Waals surface area contributed by atoms with Crippen molar-refractivity contribution in [3.63, 3.8) is 0 Å². The lowest BCUT2D eigenvalue weighted by Crippen LogP contribution is -2.35. The van der Waals surface area contributed by atoms with Crippen LogP contribution in [0.15, 0.2) is 59.6 Å². The summed E-state index contributed by atoms with van der Waals surface area (Å²) in [5, 5.41) is 13.5. The Morgan fingerprint density at radius 2 is 1.73 bits per heavy atom. The molecule has 134 valence electrons. The van der Waals surface area contributed by atoms with E-state index in [1.54, 1.807) is 31.2 Å². The molecular formula is C19H19N3O4. The Bertz CT molecular complexity index is 830. The second-order valence-corrected chi connectivity index (χ2v) is 5.57. The maximum absolute atomic E-state index is 12.9. The summed E-state index contributed by atoms with van der Waals surface area (Å²) >= 11 is 0. The Hall–Kier alpha value is -3.35. The molecule has 1 unspecified atom stereocenters. The zero-order valence-corrected chi connectivity index (χ0v) is 14.5. The molecule has 26 heavy (non-hydrogen) atoms. The number of benzene rings is 2. The first-order valence-corrected chi connectivity index (χ1v) is 8.09. The van der Waals surface area contributed by atoms with Gasteiger partial charge in [-0.1, -0.05) is 18.2 Å². The monoisotopic (exact) mass is 353 g/mol. The number of nitro groups is 1. The molecule has 0 radical (unpaired) electrons. The minimum Gasteiger partial charge on any atom is -0.325 e. The van der Waals surface area contributed by atoms with Gasteiger partial charge in [-0.15, -0.1) is 0 Å². The second-order valence-electron chi connectivity index (χ2n) is 5.57. The Balaban J connectivity index is 2.31. The number of rotatable bonds is 7. The van der Waals surface area contributed by atoms with Gasteiger partial charge in [0.2, 0.25) is 5.91 Å². The molecule has 2 aromatic rings. The second kappa shape index (κ2) is 8.66. The summed E-state index contributed by atoms with van der Waals surface area (Å²) in [5.41, 5.74) is 1.06. The Morgan fingerprint density at radius 3 is 2.27 bits per heavy atom. The van der Waals surface area contributed by atoms with Crippen molar-refractivity contribution in [2.45, 2.75) is 13.8 Å². The van der Waals surface area contributed by atoms with Crippen molar-refractivity contribution < 1.29 is 14.5 Å². The number of nitrogens with zero attached hydrogens (tertiary/aromatic N) is 2. The Morgan fingerprint density at radius 1 is 1.12 bits per heavy atom. The van der Waals surface area contributed by atoms with E-state index in [-0.39, 0.29) is 11.3 Å². The van der Waals surface area contributed by atoms with E-state index in [1.165, 1.54) is 24.3 Å². The highest BCUT2D eigenvalue weighted by Gasteiger charge is 2.30. The first kappa shape index (κ1) is 19.0. The van der Waals surface area contributed by atoms with Crippen molar-refractivity contribution in [3.8, 4) is 0 Å². The third-order valence-electron chi connectivity index (χ3n) is 3.75. The zero-order chi connectivity index (χ0) is 19.1. The van der Waals surface area contributed by atoms with Crippen molar-refractivity contribution in [2.24, 2.45) is 10.9 Å². The number of para-hydroxylation sites is 1. The number of anilines is 1. The first-order valence-electron chi connectivity index (χ1n) is 8.09. The average molecular weight is 353 g/mol. The number of carbonyl (C=O) groups is 2. The van der Waals surface area contributed by atoms with Crippen molar-refractivity contribution in [2.75, 3.05) is 11.9 Å². The molecule has 0 heterocycles. The van der Waals surface area contributed by atoms with Gasteiger partial charge >= 0.3 is 0 Å². The van der Waals surface area contributed by atoms with Crippen LogP contribution in [0.4, 0.5) is 11.4 Å². The van der Waals surface area contributed by atoms with Gasteiger partial charge in [0.25, 0.3) is 5.69 Å². The number of non-ortho nitro benzene ring substituents is 1. The number of nitro benzene ring substituents is 1. The Labute approximate surface area is 150 Å². The summed E-state index contributed by atoms with van der Waals surface area (Å²) in [6.07, 6.45) is 0. The molecule has 0 aliphatic heterocycles. The minimum absolute atomic E-state index is 0.120. The molecule has 2 rings (SSSR count). The maximum Gasteiger partial charge on any atom is 0.269 e. The standard InChI is InChI=1S/C19H19N3O4/c1-3-20-13(2)17(19(24)21-15-7-5-4-6-8-15)18(23)14-9-11-16(12-10-14)22(25)26/h4-12,17H,3H2,1-2H3,(H,21,24). The number of Topliss-reactive ketones (excluding diaryl/α,β-unsaturated/α-hetero) is 1. The van der Waals surface area contributed by atoms with Crippen LogP contribution in [-0.4, -0.2) is 28.9 Å². The SMILES string of the molecule is CCN=C(C)C(C(=O)Nc1ccccc1)C(=O)c1ccc([N+](=O)[O-])cc1. The van der Waals surface area contributed by atoms with Crippen LogP contribution in [0.2, 0.25) is 0 Å². The molecule has 1 amide bonds. The van der Waals surface area contributed by atoms with Crippen LogP contribution >= 0.6 is 0 Å². The van der Waals surface area contributed by atoms with Gasteiger partial charge in [-0.3, -0.25) is 24.7 Å². The van der Waals surface area contributed by atoms with E-state index in [9.17, 15) is 19.7 Å². The number of hydrogen-bond donors (Lipinski definition) is 1. The molecular weight excluding hydrogens is 334 g/mol. The summed E-state index contributed by atoms with van der Waals surface area (Å²) in [5.74, 6) is -2.05. The van der Waals surface area contributed by atoms with Crippen molar-refractivity contribution in [1.29, 1.82) is 0 Å². The average Bonchev–Trinajstić information content (AvgIpc) is 2.63. The topological polar surface area (TPSA) is 102 Å². The van der Waals surface area contributed by atoms with E-state index >= 15 is 0 Å². The predicted molar refractivity (Wildman–Crippen MR) is 99.6 cm³/mol. The summed E-state index contributed by atoms with van der Waals surface area (Å²) in [7, 11) is 0. The van der Waals surface area contributed by atoms with E-state index in [1.807, 2.05) is 13.0 Å². The molecule has 0 bridgehead atoms. The van der Waals surface area contributed by atoms with Crippen LogP contribution < -0.4 is 5.32 Å². The first-order chi connectivity index (χ1) is 12.4. The lowest BCUT2D eigenvalue weighted by atomic mass is 9.92. The molecule has 0 aliphatic carbocycles. The highest BCUT2D eigenvalue weighted by atomic mass is 16.6. The third kappa shape index (κ3) is 4.60. The van der Waals surface area contributed by atoms with Crippen LogP contribution in [0.5, 0.6) is 0 Å². The summed E-state index contributed by atoms with van der Waals surface area (Å²) in [4.78, 5) is 40.0. The summed E-state index contributed by atoms with van der Waals surface area (Å²) in [6.45, 7) is 3.88. The number of carbonyl (C=O) groups excluding carboxylic acids is 2. The molecule has 1 N–H and O–H groups in total. The molecule has 0 fully saturated rings. The number of amides is 1. The van der Waals surface area contributed by atoms with Gasteiger partial charge in [-0.2, -0.15) is 0 Å². The summed E-state index contributed by atoms with van der Waals surface area (Å²) in [6, 6.07) is 14.0. The molecule has 0 aliphatic rings.